The van der Waals surface area contributed by atoms with E-state index in [0.717, 1.165) is 38.8 Å². The lowest BCUT2D eigenvalue weighted by atomic mass is 9.62. The number of nitrogens with zero attached hydrogens (tertiary/aromatic N) is 2. The molecule has 1 fully saturated rings. The van der Waals surface area contributed by atoms with Gasteiger partial charge in [-0.2, -0.15) is 0 Å². The molecule has 1 amide bonds. The molecule has 1 saturated carbocycles. The number of aryl methyl sites for hydroxylation is 1. The predicted molar refractivity (Wildman–Crippen MR) is 134 cm³/mol. The molecule has 1 aromatic rings. The van der Waals surface area contributed by atoms with Crippen molar-refractivity contribution in [2.24, 2.45) is 28.3 Å². The van der Waals surface area contributed by atoms with E-state index in [9.17, 15) is 4.79 Å². The first-order valence-corrected chi connectivity index (χ1v) is 12.3. The van der Waals surface area contributed by atoms with Crippen molar-refractivity contribution >= 4 is 11.9 Å². The van der Waals surface area contributed by atoms with Crippen LogP contribution in [-0.4, -0.2) is 29.9 Å². The summed E-state index contributed by atoms with van der Waals surface area (Å²) in [6.07, 6.45) is 6.96. The molecule has 0 aliphatic heterocycles. The third kappa shape index (κ3) is 5.65. The SMILES string of the molecule is CC(=O)N(Cc1cc2c(cc1C)C(C)(C)CCC2(C)C)CC1CCC(CN=C(N)N)CC1. The average Bonchev–Trinajstić information content (AvgIpc) is 2.71. The molecule has 1 aromatic carbocycles. The van der Waals surface area contributed by atoms with Crippen LogP contribution in [0.15, 0.2) is 17.1 Å². The Bertz CT molecular complexity index is 859. The highest BCUT2D eigenvalue weighted by Gasteiger charge is 2.37. The Morgan fingerprint density at radius 3 is 2.06 bits per heavy atom. The summed E-state index contributed by atoms with van der Waals surface area (Å²) in [5.74, 6) is 1.47. The second-order valence-corrected chi connectivity index (χ2v) is 11.6. The van der Waals surface area contributed by atoms with Crippen LogP contribution in [0.5, 0.6) is 0 Å². The zero-order valence-electron chi connectivity index (χ0n) is 21.1. The first-order chi connectivity index (χ1) is 14.9. The van der Waals surface area contributed by atoms with Crippen LogP contribution in [-0.2, 0) is 22.2 Å². The van der Waals surface area contributed by atoms with Gasteiger partial charge in [0.25, 0.3) is 0 Å². The molecule has 0 aromatic heterocycles. The van der Waals surface area contributed by atoms with Crippen LogP contribution in [0.4, 0.5) is 0 Å². The minimum atomic E-state index is 0.171. The number of aliphatic imine (C=N–C) groups is 1. The summed E-state index contributed by atoms with van der Waals surface area (Å²) in [4.78, 5) is 18.8. The number of hydrogen-bond donors (Lipinski definition) is 2. The van der Waals surface area contributed by atoms with Crippen LogP contribution in [0.2, 0.25) is 0 Å². The Kier molecular flexibility index (Phi) is 7.26. The van der Waals surface area contributed by atoms with Gasteiger partial charge in [-0.1, -0.05) is 39.8 Å². The minimum absolute atomic E-state index is 0.171. The molecule has 0 radical (unpaired) electrons. The smallest absolute Gasteiger partial charge is 0.219 e. The van der Waals surface area contributed by atoms with E-state index in [-0.39, 0.29) is 22.7 Å². The van der Waals surface area contributed by atoms with Crippen molar-refractivity contribution in [2.45, 2.75) is 97.4 Å². The van der Waals surface area contributed by atoms with Crippen LogP contribution >= 0.6 is 0 Å². The van der Waals surface area contributed by atoms with Crippen LogP contribution in [0, 0.1) is 18.8 Å². The topological polar surface area (TPSA) is 84.7 Å². The van der Waals surface area contributed by atoms with E-state index in [1.165, 1.54) is 35.1 Å². The molecule has 178 valence electrons. The molecule has 5 heteroatoms. The van der Waals surface area contributed by atoms with Crippen molar-refractivity contribution in [3.05, 3.63) is 34.4 Å². The lowest BCUT2D eigenvalue weighted by Gasteiger charge is -2.42. The molecule has 2 aliphatic carbocycles. The summed E-state index contributed by atoms with van der Waals surface area (Å²) in [5.41, 5.74) is 16.9. The molecule has 5 nitrogen and oxygen atoms in total. The van der Waals surface area contributed by atoms with E-state index in [1.54, 1.807) is 6.92 Å². The van der Waals surface area contributed by atoms with Gasteiger partial charge in [-0.25, -0.2) is 0 Å². The molecular formula is C27H44N4O. The molecule has 2 aliphatic rings. The largest absolute Gasteiger partial charge is 0.370 e. The number of nitrogens with two attached hydrogens (primary N) is 2. The number of hydrogen-bond acceptors (Lipinski definition) is 2. The highest BCUT2D eigenvalue weighted by molar-refractivity contribution is 5.75. The monoisotopic (exact) mass is 440 g/mol. The van der Waals surface area contributed by atoms with Gasteiger partial charge in [0.15, 0.2) is 5.96 Å². The van der Waals surface area contributed by atoms with E-state index in [0.29, 0.717) is 18.4 Å². The maximum absolute atomic E-state index is 12.6. The van der Waals surface area contributed by atoms with Gasteiger partial charge < -0.3 is 16.4 Å². The first-order valence-electron chi connectivity index (χ1n) is 12.3. The second kappa shape index (κ2) is 9.44. The van der Waals surface area contributed by atoms with Crippen LogP contribution in [0.1, 0.15) is 95.4 Å². The highest BCUT2D eigenvalue weighted by Crippen LogP contribution is 2.46. The maximum atomic E-state index is 12.6. The van der Waals surface area contributed by atoms with Gasteiger partial charge in [-0.05, 0) is 90.4 Å². The van der Waals surface area contributed by atoms with Crippen molar-refractivity contribution in [3.8, 4) is 0 Å². The molecule has 0 atom stereocenters. The lowest BCUT2D eigenvalue weighted by Crippen LogP contribution is -2.36. The zero-order valence-corrected chi connectivity index (χ0v) is 21.1. The highest BCUT2D eigenvalue weighted by atomic mass is 16.2. The van der Waals surface area contributed by atoms with Gasteiger partial charge >= 0.3 is 0 Å². The molecule has 0 spiro atoms. The zero-order chi connectivity index (χ0) is 23.7. The van der Waals surface area contributed by atoms with Crippen molar-refractivity contribution < 1.29 is 4.79 Å². The normalized spacial score (nSPS) is 23.8. The van der Waals surface area contributed by atoms with Gasteiger partial charge in [0, 0.05) is 26.6 Å². The standard InChI is InChI=1S/C27H44N4O/c1-18-13-23-24(27(5,6)12-11-26(23,3)4)14-22(18)17-31(19(2)32)16-21-9-7-20(8-10-21)15-30-25(28)29/h13-14,20-21H,7-12,15-17H2,1-6H3,(H4,28,29,30). The second-order valence-electron chi connectivity index (χ2n) is 11.6. The van der Waals surface area contributed by atoms with Crippen LogP contribution in [0.3, 0.4) is 0 Å². The van der Waals surface area contributed by atoms with Crippen molar-refractivity contribution in [3.63, 3.8) is 0 Å². The van der Waals surface area contributed by atoms with Gasteiger partial charge in [-0.3, -0.25) is 9.79 Å². The Morgan fingerprint density at radius 2 is 1.53 bits per heavy atom. The number of fused-ring (bicyclic) bond motifs is 1. The molecule has 0 bridgehead atoms. The van der Waals surface area contributed by atoms with Crippen LogP contribution in [0.25, 0.3) is 0 Å². The van der Waals surface area contributed by atoms with Gasteiger partial charge in [0.2, 0.25) is 5.91 Å². The van der Waals surface area contributed by atoms with Crippen molar-refractivity contribution in [1.29, 1.82) is 0 Å². The Labute approximate surface area is 195 Å². The molecule has 32 heavy (non-hydrogen) atoms. The fourth-order valence-corrected chi connectivity index (χ4v) is 5.59. The number of carbonyl (C=O) groups is 1. The lowest BCUT2D eigenvalue weighted by molar-refractivity contribution is -0.130. The number of benzene rings is 1. The summed E-state index contributed by atoms with van der Waals surface area (Å²) in [7, 11) is 0. The minimum Gasteiger partial charge on any atom is -0.370 e. The molecular weight excluding hydrogens is 396 g/mol. The Balaban J connectivity index is 1.72. The summed E-state index contributed by atoms with van der Waals surface area (Å²) in [6, 6.07) is 4.81. The summed E-state index contributed by atoms with van der Waals surface area (Å²) >= 11 is 0. The van der Waals surface area contributed by atoms with Gasteiger partial charge in [-0.15, -0.1) is 0 Å². The predicted octanol–water partition coefficient (Wildman–Crippen LogP) is 4.77. The number of rotatable bonds is 6. The van der Waals surface area contributed by atoms with Crippen molar-refractivity contribution in [1.82, 2.24) is 4.90 Å². The number of carbonyl (C=O) groups excluding carboxylic acids is 1. The average molecular weight is 441 g/mol. The Hall–Kier alpha value is -2.04. The van der Waals surface area contributed by atoms with Crippen molar-refractivity contribution in [2.75, 3.05) is 13.1 Å². The fourth-order valence-electron chi connectivity index (χ4n) is 5.59. The third-order valence-electron chi connectivity index (χ3n) is 8.09. The van der Waals surface area contributed by atoms with E-state index in [4.69, 9.17) is 11.5 Å². The molecule has 0 saturated heterocycles. The Morgan fingerprint density at radius 1 is 1.00 bits per heavy atom. The van der Waals surface area contributed by atoms with Gasteiger partial charge in [0.05, 0.1) is 0 Å². The third-order valence-corrected chi connectivity index (χ3v) is 8.09. The fraction of sp³-hybridized carbons (Fsp3) is 0.704. The first kappa shape index (κ1) is 24.6. The van der Waals surface area contributed by atoms with E-state index >= 15 is 0 Å². The van der Waals surface area contributed by atoms with Gasteiger partial charge in [0.1, 0.15) is 0 Å². The maximum Gasteiger partial charge on any atom is 0.219 e. The summed E-state index contributed by atoms with van der Waals surface area (Å²) < 4.78 is 0. The molecule has 0 heterocycles. The molecule has 3 rings (SSSR count). The summed E-state index contributed by atoms with van der Waals surface area (Å²) in [5, 5.41) is 0. The quantitative estimate of drug-likeness (QED) is 0.493. The van der Waals surface area contributed by atoms with Crippen LogP contribution < -0.4 is 11.5 Å². The molecule has 4 N–H and O–H groups in total. The number of amides is 1. The summed E-state index contributed by atoms with van der Waals surface area (Å²) in [6.45, 7) is 15.7. The van der Waals surface area contributed by atoms with E-state index in [1.807, 2.05) is 0 Å². The molecule has 0 unspecified atom stereocenters. The van der Waals surface area contributed by atoms with E-state index in [2.05, 4.69) is 56.6 Å². The number of guanidine groups is 1. The van der Waals surface area contributed by atoms with E-state index < -0.39 is 0 Å².